The van der Waals surface area contributed by atoms with E-state index in [2.05, 4.69) is 20.9 Å². The van der Waals surface area contributed by atoms with Crippen molar-refractivity contribution in [2.75, 3.05) is 0 Å². The minimum absolute atomic E-state index is 0.330. The molecule has 0 atom stereocenters. The summed E-state index contributed by atoms with van der Waals surface area (Å²) in [6.07, 6.45) is 3.40. The molecule has 5 heteroatoms. The quantitative estimate of drug-likeness (QED) is 0.944. The number of rotatable bonds is 4. The van der Waals surface area contributed by atoms with Gasteiger partial charge in [-0.05, 0) is 34.1 Å². The molecule has 0 aliphatic heterocycles. The van der Waals surface area contributed by atoms with Crippen molar-refractivity contribution in [3.63, 3.8) is 0 Å². The van der Waals surface area contributed by atoms with Gasteiger partial charge in [-0.25, -0.2) is 0 Å². The lowest BCUT2D eigenvalue weighted by Crippen LogP contribution is -2.12. The van der Waals surface area contributed by atoms with Crippen LogP contribution in [0.2, 0.25) is 0 Å². The first kappa shape index (κ1) is 12.6. The van der Waals surface area contributed by atoms with E-state index in [0.29, 0.717) is 17.9 Å². The maximum absolute atomic E-state index is 11.2. The Labute approximate surface area is 113 Å². The van der Waals surface area contributed by atoms with Crippen LogP contribution in [0.5, 0.6) is 5.75 Å². The third kappa shape index (κ3) is 3.07. The third-order valence-electron chi connectivity index (χ3n) is 2.31. The number of hydrogen-bond acceptors (Lipinski definition) is 3. The van der Waals surface area contributed by atoms with E-state index in [1.807, 2.05) is 6.07 Å². The van der Waals surface area contributed by atoms with Gasteiger partial charge in [0.15, 0.2) is 0 Å². The number of primary amides is 1. The highest BCUT2D eigenvalue weighted by molar-refractivity contribution is 9.10. The molecule has 4 nitrogen and oxygen atoms in total. The molecule has 0 unspecified atom stereocenters. The van der Waals surface area contributed by atoms with Gasteiger partial charge in [-0.15, -0.1) is 0 Å². The number of benzene rings is 1. The molecule has 1 aromatic heterocycles. The lowest BCUT2D eigenvalue weighted by molar-refractivity contribution is 0.0996. The predicted octanol–water partition coefficient (Wildman–Crippen LogP) is 2.52. The largest absolute Gasteiger partial charge is 0.488 e. The maximum Gasteiger partial charge on any atom is 0.252 e. The normalized spacial score (nSPS) is 10.1. The zero-order valence-corrected chi connectivity index (χ0v) is 11.1. The number of para-hydroxylation sites is 1. The van der Waals surface area contributed by atoms with Crippen molar-refractivity contribution in [1.82, 2.24) is 4.98 Å². The summed E-state index contributed by atoms with van der Waals surface area (Å²) in [5, 5.41) is 0. The molecule has 1 amide bonds. The van der Waals surface area contributed by atoms with Gasteiger partial charge in [0.25, 0.3) is 5.91 Å². The topological polar surface area (TPSA) is 65.2 Å². The van der Waals surface area contributed by atoms with Gasteiger partial charge < -0.3 is 10.5 Å². The van der Waals surface area contributed by atoms with Crippen LogP contribution < -0.4 is 10.5 Å². The van der Waals surface area contributed by atoms with Gasteiger partial charge >= 0.3 is 0 Å². The highest BCUT2D eigenvalue weighted by atomic mass is 79.9. The fourth-order valence-corrected chi connectivity index (χ4v) is 1.90. The van der Waals surface area contributed by atoms with Crippen molar-refractivity contribution >= 4 is 21.8 Å². The molecule has 2 rings (SSSR count). The van der Waals surface area contributed by atoms with Gasteiger partial charge in [0.05, 0.1) is 5.56 Å². The lowest BCUT2D eigenvalue weighted by atomic mass is 10.2. The van der Waals surface area contributed by atoms with E-state index in [1.165, 1.54) is 0 Å². The SMILES string of the molecule is NC(=O)c1ccccc1OCc1cncc(Br)c1. The molecule has 2 N–H and O–H groups in total. The number of hydrogen-bond donors (Lipinski definition) is 1. The van der Waals surface area contributed by atoms with Crippen LogP contribution in [0.4, 0.5) is 0 Å². The summed E-state index contributed by atoms with van der Waals surface area (Å²) >= 11 is 3.33. The second kappa shape index (κ2) is 5.64. The minimum Gasteiger partial charge on any atom is -0.488 e. The molecule has 0 bridgehead atoms. The number of aromatic nitrogens is 1. The number of carbonyl (C=O) groups excluding carboxylic acids is 1. The molecule has 1 heterocycles. The maximum atomic E-state index is 11.2. The number of amides is 1. The predicted molar refractivity (Wildman–Crippen MR) is 71.2 cm³/mol. The zero-order chi connectivity index (χ0) is 13.0. The molecule has 1 aromatic carbocycles. The van der Waals surface area contributed by atoms with Crippen LogP contribution in [0.1, 0.15) is 15.9 Å². The first-order valence-corrected chi connectivity index (χ1v) is 6.07. The number of nitrogens with two attached hydrogens (primary N) is 1. The Kier molecular flexibility index (Phi) is 3.94. The van der Waals surface area contributed by atoms with Gasteiger partial charge in [-0.2, -0.15) is 0 Å². The van der Waals surface area contributed by atoms with Gasteiger partial charge in [0, 0.05) is 22.4 Å². The molecule has 0 saturated heterocycles. The van der Waals surface area contributed by atoms with Gasteiger partial charge in [0.1, 0.15) is 12.4 Å². The van der Waals surface area contributed by atoms with Gasteiger partial charge in [0.2, 0.25) is 0 Å². The van der Waals surface area contributed by atoms with Crippen LogP contribution in [0, 0.1) is 0 Å². The third-order valence-corrected chi connectivity index (χ3v) is 2.74. The van der Waals surface area contributed by atoms with Crippen molar-refractivity contribution in [1.29, 1.82) is 0 Å². The first-order chi connectivity index (χ1) is 8.66. The highest BCUT2D eigenvalue weighted by Crippen LogP contribution is 2.19. The molecule has 2 aromatic rings. The molecular formula is C13H11BrN2O2. The monoisotopic (exact) mass is 306 g/mol. The Hall–Kier alpha value is -1.88. The summed E-state index contributed by atoms with van der Waals surface area (Å²) in [5.74, 6) is -0.0251. The van der Waals surface area contributed by atoms with Crippen molar-refractivity contribution in [3.05, 3.63) is 58.3 Å². The smallest absolute Gasteiger partial charge is 0.252 e. The average Bonchev–Trinajstić information content (AvgIpc) is 2.37. The Balaban J connectivity index is 2.13. The summed E-state index contributed by atoms with van der Waals surface area (Å²) in [5.41, 5.74) is 6.55. The van der Waals surface area contributed by atoms with Crippen LogP contribution in [0.15, 0.2) is 47.2 Å². The van der Waals surface area contributed by atoms with Crippen LogP contribution in [-0.4, -0.2) is 10.9 Å². The van der Waals surface area contributed by atoms with Crippen LogP contribution in [0.3, 0.4) is 0 Å². The van der Waals surface area contributed by atoms with Crippen LogP contribution >= 0.6 is 15.9 Å². The Morgan fingerprint density at radius 3 is 2.83 bits per heavy atom. The van der Waals surface area contributed by atoms with E-state index in [-0.39, 0.29) is 0 Å². The number of halogens is 1. The number of ether oxygens (including phenoxy) is 1. The van der Waals surface area contributed by atoms with Crippen molar-refractivity contribution in [3.8, 4) is 5.75 Å². The summed E-state index contributed by atoms with van der Waals surface area (Å²) in [6.45, 7) is 0.330. The van der Waals surface area contributed by atoms with Crippen molar-refractivity contribution in [2.24, 2.45) is 5.73 Å². The van der Waals surface area contributed by atoms with E-state index in [0.717, 1.165) is 10.0 Å². The Morgan fingerprint density at radius 2 is 2.11 bits per heavy atom. The first-order valence-electron chi connectivity index (χ1n) is 5.28. The molecule has 0 spiro atoms. The number of nitrogens with zero attached hydrogens (tertiary/aromatic N) is 1. The molecule has 0 saturated carbocycles. The lowest BCUT2D eigenvalue weighted by Gasteiger charge is -2.09. The molecular weight excluding hydrogens is 296 g/mol. The van der Waals surface area contributed by atoms with Crippen LogP contribution in [-0.2, 0) is 6.61 Å². The van der Waals surface area contributed by atoms with E-state index in [4.69, 9.17) is 10.5 Å². The van der Waals surface area contributed by atoms with E-state index < -0.39 is 5.91 Å². The van der Waals surface area contributed by atoms with Gasteiger partial charge in [-0.3, -0.25) is 9.78 Å². The average molecular weight is 307 g/mol. The van der Waals surface area contributed by atoms with Crippen LogP contribution in [0.25, 0.3) is 0 Å². The zero-order valence-electron chi connectivity index (χ0n) is 9.47. The Morgan fingerprint density at radius 1 is 1.33 bits per heavy atom. The second-order valence-corrected chi connectivity index (χ2v) is 4.58. The van der Waals surface area contributed by atoms with Crippen molar-refractivity contribution < 1.29 is 9.53 Å². The summed E-state index contributed by atoms with van der Waals surface area (Å²) in [6, 6.07) is 8.79. The number of carbonyl (C=O) groups is 1. The molecule has 18 heavy (non-hydrogen) atoms. The summed E-state index contributed by atoms with van der Waals surface area (Å²) in [4.78, 5) is 15.2. The highest BCUT2D eigenvalue weighted by Gasteiger charge is 2.08. The molecule has 0 fully saturated rings. The molecule has 0 aliphatic rings. The minimum atomic E-state index is -0.502. The fraction of sp³-hybridized carbons (Fsp3) is 0.0769. The standard InChI is InChI=1S/C13H11BrN2O2/c14-10-5-9(6-16-7-10)8-18-12-4-2-1-3-11(12)13(15)17/h1-7H,8H2,(H2,15,17). The molecule has 0 aliphatic carbocycles. The Bertz CT molecular complexity index is 572. The summed E-state index contributed by atoms with van der Waals surface area (Å²) in [7, 11) is 0. The van der Waals surface area contributed by atoms with E-state index in [9.17, 15) is 4.79 Å². The summed E-state index contributed by atoms with van der Waals surface area (Å²) < 4.78 is 6.46. The second-order valence-electron chi connectivity index (χ2n) is 3.66. The molecule has 92 valence electrons. The molecule has 0 radical (unpaired) electrons. The fourth-order valence-electron chi connectivity index (χ4n) is 1.49. The van der Waals surface area contributed by atoms with E-state index in [1.54, 1.807) is 36.7 Å². The van der Waals surface area contributed by atoms with Gasteiger partial charge in [-0.1, -0.05) is 12.1 Å². The van der Waals surface area contributed by atoms with E-state index >= 15 is 0 Å². The van der Waals surface area contributed by atoms with Crippen molar-refractivity contribution in [2.45, 2.75) is 6.61 Å². The number of pyridine rings is 1.